The number of alkyl halides is 3. The Morgan fingerprint density at radius 3 is 2.40 bits per heavy atom. The maximum Gasteiger partial charge on any atom is 0.573 e. The number of methoxy groups -OCH3 is 1. The Morgan fingerprint density at radius 1 is 1.05 bits per heavy atom. The first-order chi connectivity index (χ1) is 9.40. The number of hydrogen-bond acceptors (Lipinski definition) is 2. The molecule has 0 aliphatic carbocycles. The third-order valence-corrected chi connectivity index (χ3v) is 2.95. The van der Waals surface area contributed by atoms with Gasteiger partial charge in [0.15, 0.2) is 0 Å². The Hall–Kier alpha value is -1.88. The number of ether oxygens (including phenoxy) is 2. The van der Waals surface area contributed by atoms with Crippen molar-refractivity contribution in [1.82, 2.24) is 0 Å². The van der Waals surface area contributed by atoms with Crippen LogP contribution in [0.25, 0.3) is 11.1 Å². The third kappa shape index (κ3) is 3.36. The van der Waals surface area contributed by atoms with Crippen molar-refractivity contribution in [3.05, 3.63) is 47.5 Å². The number of halogens is 4. The number of hydrogen-bond donors (Lipinski definition) is 0. The second-order valence-corrected chi connectivity index (χ2v) is 4.28. The van der Waals surface area contributed by atoms with Gasteiger partial charge in [-0.2, -0.15) is 0 Å². The molecule has 0 bridgehead atoms. The fourth-order valence-corrected chi connectivity index (χ4v) is 2.06. The van der Waals surface area contributed by atoms with Gasteiger partial charge < -0.3 is 9.47 Å². The van der Waals surface area contributed by atoms with Gasteiger partial charge in [-0.3, -0.25) is 0 Å². The molecule has 0 spiro atoms. The van der Waals surface area contributed by atoms with Crippen LogP contribution in [0.15, 0.2) is 42.5 Å². The van der Waals surface area contributed by atoms with Gasteiger partial charge in [0, 0.05) is 5.56 Å². The summed E-state index contributed by atoms with van der Waals surface area (Å²) in [4.78, 5) is 0. The third-order valence-electron chi connectivity index (χ3n) is 2.56. The van der Waals surface area contributed by atoms with Crippen molar-refractivity contribution in [3.8, 4) is 22.6 Å². The van der Waals surface area contributed by atoms with Gasteiger partial charge in [0.05, 0.1) is 12.1 Å². The van der Waals surface area contributed by atoms with Crippen molar-refractivity contribution in [2.75, 3.05) is 7.11 Å². The second-order valence-electron chi connectivity index (χ2n) is 3.90. The molecule has 2 aromatic rings. The second kappa shape index (κ2) is 5.63. The zero-order chi connectivity index (χ0) is 14.8. The van der Waals surface area contributed by atoms with Gasteiger partial charge in [-0.05, 0) is 23.8 Å². The van der Waals surface area contributed by atoms with Crippen molar-refractivity contribution in [1.29, 1.82) is 0 Å². The zero-order valence-corrected chi connectivity index (χ0v) is 11.1. The lowest BCUT2D eigenvalue weighted by atomic mass is 10.1. The van der Waals surface area contributed by atoms with Gasteiger partial charge in [0.25, 0.3) is 0 Å². The first kappa shape index (κ1) is 14.5. The van der Waals surface area contributed by atoms with Gasteiger partial charge in [-0.25, -0.2) is 0 Å². The molecular weight excluding hydrogens is 293 g/mol. The Bertz CT molecular complexity index is 612. The lowest BCUT2D eigenvalue weighted by Crippen LogP contribution is -2.17. The highest BCUT2D eigenvalue weighted by molar-refractivity contribution is 6.34. The van der Waals surface area contributed by atoms with E-state index in [9.17, 15) is 13.2 Å². The average molecular weight is 303 g/mol. The lowest BCUT2D eigenvalue weighted by Gasteiger charge is -2.12. The van der Waals surface area contributed by atoms with E-state index in [4.69, 9.17) is 16.3 Å². The van der Waals surface area contributed by atoms with Gasteiger partial charge in [0.1, 0.15) is 11.5 Å². The predicted molar refractivity (Wildman–Crippen MR) is 70.1 cm³/mol. The predicted octanol–water partition coefficient (Wildman–Crippen LogP) is 4.91. The topological polar surface area (TPSA) is 18.5 Å². The Balaban J connectivity index is 2.41. The molecule has 0 radical (unpaired) electrons. The molecule has 2 rings (SSSR count). The summed E-state index contributed by atoms with van der Waals surface area (Å²) in [7, 11) is 1.47. The summed E-state index contributed by atoms with van der Waals surface area (Å²) in [6, 6.07) is 10.7. The van der Waals surface area contributed by atoms with Crippen LogP contribution in [0.5, 0.6) is 11.5 Å². The summed E-state index contributed by atoms with van der Waals surface area (Å²) >= 11 is 6.14. The van der Waals surface area contributed by atoms with Crippen molar-refractivity contribution in [3.63, 3.8) is 0 Å². The largest absolute Gasteiger partial charge is 0.573 e. The summed E-state index contributed by atoms with van der Waals surface area (Å²) in [6.07, 6.45) is -4.73. The van der Waals surface area contributed by atoms with Crippen LogP contribution >= 0.6 is 11.6 Å². The van der Waals surface area contributed by atoms with Crippen LogP contribution in [-0.2, 0) is 0 Å². The molecule has 6 heteroatoms. The molecule has 2 nitrogen and oxygen atoms in total. The highest BCUT2D eigenvalue weighted by atomic mass is 35.5. The fourth-order valence-electron chi connectivity index (χ4n) is 1.75. The van der Waals surface area contributed by atoms with E-state index < -0.39 is 6.36 Å². The normalized spacial score (nSPS) is 11.2. The molecule has 0 N–H and O–H groups in total. The van der Waals surface area contributed by atoms with E-state index in [0.717, 1.165) is 0 Å². The van der Waals surface area contributed by atoms with E-state index >= 15 is 0 Å². The number of benzene rings is 2. The van der Waals surface area contributed by atoms with Crippen molar-refractivity contribution < 1.29 is 22.6 Å². The molecule has 0 aliphatic rings. The standard InChI is InChI=1S/C14H10ClF3O2/c1-19-12-7-3-6-11(13(12)15)9-4-2-5-10(8-9)20-14(16,17)18/h2-8H,1H3. The molecule has 20 heavy (non-hydrogen) atoms. The van der Waals surface area contributed by atoms with Crippen LogP contribution in [0.3, 0.4) is 0 Å². The Morgan fingerprint density at radius 2 is 1.75 bits per heavy atom. The molecule has 0 fully saturated rings. The van der Waals surface area contributed by atoms with E-state index in [-0.39, 0.29) is 5.75 Å². The van der Waals surface area contributed by atoms with Crippen LogP contribution in [0.1, 0.15) is 0 Å². The molecule has 0 unspecified atom stereocenters. The minimum atomic E-state index is -4.73. The Kier molecular flexibility index (Phi) is 4.09. The van der Waals surface area contributed by atoms with E-state index in [1.165, 1.54) is 25.3 Å². The van der Waals surface area contributed by atoms with Gasteiger partial charge >= 0.3 is 6.36 Å². The van der Waals surface area contributed by atoms with Crippen LogP contribution in [0, 0.1) is 0 Å². The fraction of sp³-hybridized carbons (Fsp3) is 0.143. The lowest BCUT2D eigenvalue weighted by molar-refractivity contribution is -0.274. The van der Waals surface area contributed by atoms with Crippen molar-refractivity contribution >= 4 is 11.6 Å². The summed E-state index contributed by atoms with van der Waals surface area (Å²) in [5.74, 6) is 0.153. The molecule has 0 atom stereocenters. The van der Waals surface area contributed by atoms with Crippen molar-refractivity contribution in [2.45, 2.75) is 6.36 Å². The molecule has 0 saturated heterocycles. The molecule has 106 valence electrons. The maximum atomic E-state index is 12.2. The zero-order valence-electron chi connectivity index (χ0n) is 10.4. The van der Waals surface area contributed by atoms with Crippen molar-refractivity contribution in [2.24, 2.45) is 0 Å². The monoisotopic (exact) mass is 302 g/mol. The van der Waals surface area contributed by atoms with Crippen LogP contribution in [-0.4, -0.2) is 13.5 Å². The van der Waals surface area contributed by atoms with Crippen LogP contribution in [0.4, 0.5) is 13.2 Å². The van der Waals surface area contributed by atoms with Crippen LogP contribution < -0.4 is 9.47 Å². The van der Waals surface area contributed by atoms with Gasteiger partial charge in [0.2, 0.25) is 0 Å². The van der Waals surface area contributed by atoms with E-state index in [2.05, 4.69) is 4.74 Å². The van der Waals surface area contributed by atoms with Gasteiger partial charge in [-0.15, -0.1) is 13.2 Å². The molecule has 0 heterocycles. The smallest absolute Gasteiger partial charge is 0.495 e. The quantitative estimate of drug-likeness (QED) is 0.801. The summed E-state index contributed by atoms with van der Waals surface area (Å²) < 4.78 is 45.6. The Labute approximate surface area is 118 Å². The maximum absolute atomic E-state index is 12.2. The highest BCUT2D eigenvalue weighted by Gasteiger charge is 2.31. The van der Waals surface area contributed by atoms with Gasteiger partial charge in [-0.1, -0.05) is 35.9 Å². The van der Waals surface area contributed by atoms with Crippen LogP contribution in [0.2, 0.25) is 5.02 Å². The first-order valence-corrected chi connectivity index (χ1v) is 5.97. The van der Waals surface area contributed by atoms with E-state index in [0.29, 0.717) is 21.9 Å². The molecule has 0 amide bonds. The molecule has 0 saturated carbocycles. The minimum Gasteiger partial charge on any atom is -0.495 e. The number of rotatable bonds is 3. The van der Waals surface area contributed by atoms with E-state index in [1.54, 1.807) is 24.3 Å². The molecule has 0 aliphatic heterocycles. The molecular formula is C14H10ClF3O2. The first-order valence-electron chi connectivity index (χ1n) is 5.59. The SMILES string of the molecule is COc1cccc(-c2cccc(OC(F)(F)F)c2)c1Cl. The van der Waals surface area contributed by atoms with E-state index in [1.807, 2.05) is 0 Å². The average Bonchev–Trinajstić information content (AvgIpc) is 2.37. The summed E-state index contributed by atoms with van der Waals surface area (Å²) in [5.41, 5.74) is 1.08. The minimum absolute atomic E-state index is 0.297. The highest BCUT2D eigenvalue weighted by Crippen LogP contribution is 2.36. The molecule has 0 aromatic heterocycles. The summed E-state index contributed by atoms with van der Waals surface area (Å²) in [5, 5.41) is 0.333. The molecule has 2 aromatic carbocycles. The summed E-state index contributed by atoms with van der Waals surface area (Å²) in [6.45, 7) is 0.